The summed E-state index contributed by atoms with van der Waals surface area (Å²) in [7, 11) is 0. The number of carbonyl (C=O) groups excluding carboxylic acids is 10. The Morgan fingerprint density at radius 1 is 0.268 bits per heavy atom. The normalized spacial score (nSPS) is 9.91. The smallest absolute Gasteiger partial charge is 0.550 e. The Hall–Kier alpha value is -3.72. The number of Topliss-reactive ketones (excluding diaryl/α,β-unsaturated/α-hetero) is 5. The molecule has 0 aliphatic carbocycles. The molecule has 0 aromatic rings. The summed E-state index contributed by atoms with van der Waals surface area (Å²) in [6.45, 7) is 18.8. The van der Waals surface area contributed by atoms with E-state index in [4.69, 9.17) is 0 Å². The van der Waals surface area contributed by atoms with Gasteiger partial charge in [0.25, 0.3) is 0 Å². The topological polar surface area (TPSA) is 286 Å². The first kappa shape index (κ1) is 64.2. The molecule has 0 bridgehead atoms. The van der Waals surface area contributed by atoms with Crippen molar-refractivity contribution in [2.45, 2.75) is 166 Å². The number of hydrogen-bond acceptors (Lipinski definition) is 15. The fraction of sp³-hybridized carbons (Fsp3) is 0.750. The van der Waals surface area contributed by atoms with Crippen LogP contribution in [0.25, 0.3) is 0 Å². The number of ketones is 5. The number of rotatable bonds is 25. The molecule has 0 spiro atoms. The zero-order chi connectivity index (χ0) is 44.3. The van der Waals surface area contributed by atoms with Crippen LogP contribution in [0.3, 0.4) is 0 Å². The molecule has 0 rings (SSSR count). The molecule has 0 aliphatic rings. The summed E-state index contributed by atoms with van der Waals surface area (Å²) in [6, 6.07) is 0. The Labute approximate surface area is 345 Å². The maximum atomic E-state index is 11.0. The van der Waals surface area contributed by atoms with Crippen molar-refractivity contribution in [3.8, 4) is 0 Å². The third kappa shape index (κ3) is 38.6. The van der Waals surface area contributed by atoms with Gasteiger partial charge in [0.15, 0.2) is 0 Å². The molecule has 320 valence electrons. The first-order chi connectivity index (χ1) is 25.6. The van der Waals surface area contributed by atoms with Gasteiger partial charge in [0.2, 0.25) is 0 Å². The van der Waals surface area contributed by atoms with Crippen LogP contribution in [-0.2, 0) is 66.5 Å². The van der Waals surface area contributed by atoms with Crippen LogP contribution >= 0.6 is 0 Å². The van der Waals surface area contributed by atoms with Crippen LogP contribution in [-0.4, -0.2) is 58.8 Å². The Bertz CT molecular complexity index is 953. The second-order valence-corrected chi connectivity index (χ2v) is 12.6. The van der Waals surface area contributed by atoms with Crippen molar-refractivity contribution in [3.63, 3.8) is 0 Å². The van der Waals surface area contributed by atoms with Gasteiger partial charge in [0.1, 0.15) is 28.9 Å². The van der Waals surface area contributed by atoms with Crippen molar-refractivity contribution in [2.24, 2.45) is 29.6 Å². The summed E-state index contributed by atoms with van der Waals surface area (Å²) in [5.41, 5.74) is 0. The van der Waals surface area contributed by atoms with Crippen LogP contribution in [0.4, 0.5) is 0 Å². The molecular weight excluding hydrogens is 771 g/mol. The maximum Gasteiger partial charge on any atom is 5.00 e. The van der Waals surface area contributed by atoms with Crippen LogP contribution in [0.15, 0.2) is 0 Å². The van der Waals surface area contributed by atoms with Crippen LogP contribution in [0.5, 0.6) is 0 Å². The van der Waals surface area contributed by atoms with E-state index in [2.05, 4.69) is 0 Å². The fourth-order valence-corrected chi connectivity index (χ4v) is 5.15. The molecule has 0 amide bonds. The zero-order valence-electron chi connectivity index (χ0n) is 35.1. The summed E-state index contributed by atoms with van der Waals surface area (Å²) in [5.74, 6) is -7.96. The molecule has 0 unspecified atom stereocenters. The first-order valence-corrected chi connectivity index (χ1v) is 19.2. The van der Waals surface area contributed by atoms with Crippen molar-refractivity contribution < 1.29 is 92.0 Å². The van der Waals surface area contributed by atoms with Crippen LogP contribution in [0, 0.1) is 29.6 Å². The quantitative estimate of drug-likeness (QED) is 0.114. The molecule has 56 heavy (non-hydrogen) atoms. The molecule has 0 fully saturated rings. The number of carbonyl (C=O) groups is 10. The van der Waals surface area contributed by atoms with E-state index in [0.717, 1.165) is 0 Å². The number of carboxylic acids is 5. The predicted octanol–water partition coefficient (Wildman–Crippen LogP) is 0.656. The van der Waals surface area contributed by atoms with Crippen LogP contribution in [0.1, 0.15) is 166 Å². The molecule has 0 saturated carbocycles. The minimum Gasteiger partial charge on any atom is -0.550 e. The van der Waals surface area contributed by atoms with Gasteiger partial charge >= 0.3 is 18.6 Å². The van der Waals surface area contributed by atoms with Gasteiger partial charge in [-0.05, 0) is 64.2 Å². The van der Waals surface area contributed by atoms with E-state index in [1.54, 1.807) is 0 Å². The van der Waals surface area contributed by atoms with E-state index < -0.39 is 62.0 Å². The van der Waals surface area contributed by atoms with Gasteiger partial charge in [0.05, 0.1) is 0 Å². The van der Waals surface area contributed by atoms with E-state index in [1.807, 2.05) is 69.2 Å². The van der Waals surface area contributed by atoms with Crippen LogP contribution < -0.4 is 25.5 Å². The SMILES string of the molecule is CCC(CC)C(=O)CC(=O)[O-].CCC(CC)C(=O)CC(=O)[O-].CCC(CC)C(=O)CC(=O)[O-].CCC(CC)C(=O)CC(=O)[O-].CCC(CC)C(=O)CC(=O)[O-].[V+5]. The Kier molecular flexibility index (Phi) is 46.9. The van der Waals surface area contributed by atoms with Crippen molar-refractivity contribution in [2.75, 3.05) is 0 Å². The van der Waals surface area contributed by atoms with E-state index >= 15 is 0 Å². The second-order valence-electron chi connectivity index (χ2n) is 12.6. The van der Waals surface area contributed by atoms with Gasteiger partial charge in [-0.2, -0.15) is 0 Å². The third-order valence-electron chi connectivity index (χ3n) is 8.80. The van der Waals surface area contributed by atoms with E-state index in [-0.39, 0.29) is 77.1 Å². The Balaban J connectivity index is -0.000000139. The molecule has 15 nitrogen and oxygen atoms in total. The summed E-state index contributed by atoms with van der Waals surface area (Å²) < 4.78 is 0. The molecular formula is C40H65O15V. The summed E-state index contributed by atoms with van der Waals surface area (Å²) in [4.78, 5) is 105. The molecule has 0 radical (unpaired) electrons. The molecule has 0 heterocycles. The Morgan fingerprint density at radius 3 is 0.411 bits per heavy atom. The van der Waals surface area contributed by atoms with Gasteiger partial charge < -0.3 is 49.5 Å². The van der Waals surface area contributed by atoms with Gasteiger partial charge in [-0.3, -0.25) is 24.0 Å². The predicted molar refractivity (Wildman–Crippen MR) is 194 cm³/mol. The summed E-state index contributed by atoms with van der Waals surface area (Å²) in [6.07, 6.45) is 4.92. The third-order valence-corrected chi connectivity index (χ3v) is 8.80. The monoisotopic (exact) mass is 836 g/mol. The molecule has 0 N–H and O–H groups in total. The van der Waals surface area contributed by atoms with Crippen LogP contribution in [0.2, 0.25) is 0 Å². The Morgan fingerprint density at radius 2 is 0.357 bits per heavy atom. The van der Waals surface area contributed by atoms with Crippen molar-refractivity contribution >= 4 is 58.8 Å². The summed E-state index contributed by atoms with van der Waals surface area (Å²) in [5, 5.41) is 50.1. The molecule has 0 aromatic heterocycles. The number of carboxylic acid groups (broad SMARTS) is 5. The maximum absolute atomic E-state index is 11.0. The number of hydrogen-bond donors (Lipinski definition) is 0. The molecule has 0 aliphatic heterocycles. The van der Waals surface area contributed by atoms with E-state index in [9.17, 15) is 73.5 Å². The second kappa shape index (κ2) is 40.9. The van der Waals surface area contributed by atoms with Crippen molar-refractivity contribution in [1.82, 2.24) is 0 Å². The van der Waals surface area contributed by atoms with Gasteiger partial charge in [-0.1, -0.05) is 69.2 Å². The van der Waals surface area contributed by atoms with Gasteiger partial charge in [0, 0.05) is 91.5 Å². The average molecular weight is 837 g/mol. The molecule has 0 atom stereocenters. The summed E-state index contributed by atoms with van der Waals surface area (Å²) >= 11 is 0. The van der Waals surface area contributed by atoms with E-state index in [1.165, 1.54) is 0 Å². The van der Waals surface area contributed by atoms with Crippen molar-refractivity contribution in [1.29, 1.82) is 0 Å². The minimum atomic E-state index is -1.28. The molecule has 0 saturated heterocycles. The largest absolute Gasteiger partial charge is 5.00 e. The zero-order valence-corrected chi connectivity index (χ0v) is 36.5. The fourth-order valence-electron chi connectivity index (χ4n) is 5.15. The standard InChI is InChI=1S/5C8H14O3.V/c5*1-3-6(4-2)7(9)5-8(10)11;/h5*6H,3-5H2,1-2H3,(H,10,11);/q;;;;;+5/p-5. The van der Waals surface area contributed by atoms with Gasteiger partial charge in [-0.15, -0.1) is 0 Å². The van der Waals surface area contributed by atoms with E-state index in [0.29, 0.717) is 64.2 Å². The first-order valence-electron chi connectivity index (χ1n) is 19.2. The minimum absolute atomic E-state index is 0. The van der Waals surface area contributed by atoms with Gasteiger partial charge in [-0.25, -0.2) is 0 Å². The van der Waals surface area contributed by atoms with Crippen molar-refractivity contribution in [3.05, 3.63) is 0 Å². The molecule has 0 aromatic carbocycles. The number of aliphatic carboxylic acids is 5. The average Bonchev–Trinajstić information content (AvgIpc) is 3.07. The molecule has 16 heteroatoms.